The number of hydrogen-bond donors (Lipinski definition) is 0. The first-order valence-corrected chi connectivity index (χ1v) is 10.4. The van der Waals surface area contributed by atoms with Gasteiger partial charge in [-0.05, 0) is 32.4 Å². The molecule has 0 bridgehead atoms. The van der Waals surface area contributed by atoms with Crippen molar-refractivity contribution in [1.29, 1.82) is 0 Å². The standard InChI is InChI=1S/C17H23N3O2S2/c1-13-4-5-17(14(2)10-13)24(21,22)20-8-6-19(7-9-20)11-16-12-23-15(3)18-16/h4-5,10,12H,6-9,11H2,1-3H3. The SMILES string of the molecule is Cc1ccc(S(=O)(=O)N2CCN(Cc3csc(C)n3)CC2)c(C)c1. The van der Waals surface area contributed by atoms with Gasteiger partial charge in [0.2, 0.25) is 10.0 Å². The molecule has 1 fully saturated rings. The monoisotopic (exact) mass is 365 g/mol. The number of aromatic nitrogens is 1. The number of piperazine rings is 1. The van der Waals surface area contributed by atoms with Gasteiger partial charge >= 0.3 is 0 Å². The molecule has 1 aromatic heterocycles. The van der Waals surface area contributed by atoms with Crippen molar-refractivity contribution in [2.75, 3.05) is 26.2 Å². The Morgan fingerprint density at radius 2 is 1.83 bits per heavy atom. The molecule has 7 heteroatoms. The summed E-state index contributed by atoms with van der Waals surface area (Å²) in [6, 6.07) is 5.51. The molecule has 0 radical (unpaired) electrons. The second-order valence-electron chi connectivity index (χ2n) is 6.31. The summed E-state index contributed by atoms with van der Waals surface area (Å²) in [6.07, 6.45) is 0. The van der Waals surface area contributed by atoms with Gasteiger partial charge < -0.3 is 0 Å². The Labute approximate surface area is 148 Å². The van der Waals surface area contributed by atoms with Gasteiger partial charge in [-0.1, -0.05) is 17.7 Å². The van der Waals surface area contributed by atoms with Crippen LogP contribution in [0.3, 0.4) is 0 Å². The van der Waals surface area contributed by atoms with E-state index in [9.17, 15) is 8.42 Å². The minimum atomic E-state index is -3.41. The van der Waals surface area contributed by atoms with E-state index in [0.717, 1.165) is 41.5 Å². The van der Waals surface area contributed by atoms with E-state index < -0.39 is 10.0 Å². The maximum Gasteiger partial charge on any atom is 0.243 e. The van der Waals surface area contributed by atoms with Crippen molar-refractivity contribution in [2.24, 2.45) is 0 Å². The van der Waals surface area contributed by atoms with Crippen LogP contribution in [0.25, 0.3) is 0 Å². The van der Waals surface area contributed by atoms with E-state index in [2.05, 4.69) is 15.3 Å². The molecule has 1 aliphatic rings. The molecular weight excluding hydrogens is 342 g/mol. The van der Waals surface area contributed by atoms with E-state index in [4.69, 9.17) is 0 Å². The van der Waals surface area contributed by atoms with Gasteiger partial charge in [-0.2, -0.15) is 4.31 Å². The van der Waals surface area contributed by atoms with Crippen LogP contribution >= 0.6 is 11.3 Å². The highest BCUT2D eigenvalue weighted by Crippen LogP contribution is 2.22. The van der Waals surface area contributed by atoms with E-state index >= 15 is 0 Å². The molecule has 1 aliphatic heterocycles. The largest absolute Gasteiger partial charge is 0.295 e. The summed E-state index contributed by atoms with van der Waals surface area (Å²) >= 11 is 1.65. The smallest absolute Gasteiger partial charge is 0.243 e. The molecular formula is C17H23N3O2S2. The third kappa shape index (κ3) is 3.69. The predicted octanol–water partition coefficient (Wildman–Crippen LogP) is 2.57. The zero-order valence-corrected chi connectivity index (χ0v) is 16.0. The van der Waals surface area contributed by atoms with Crippen molar-refractivity contribution < 1.29 is 8.42 Å². The molecule has 5 nitrogen and oxygen atoms in total. The molecule has 0 unspecified atom stereocenters. The van der Waals surface area contributed by atoms with Crippen LogP contribution in [0, 0.1) is 20.8 Å². The predicted molar refractivity (Wildman–Crippen MR) is 96.8 cm³/mol. The summed E-state index contributed by atoms with van der Waals surface area (Å²) in [4.78, 5) is 7.18. The maximum absolute atomic E-state index is 12.9. The van der Waals surface area contributed by atoms with Crippen molar-refractivity contribution >= 4 is 21.4 Å². The van der Waals surface area contributed by atoms with Crippen LogP contribution in [0.15, 0.2) is 28.5 Å². The minimum Gasteiger partial charge on any atom is -0.295 e. The average molecular weight is 366 g/mol. The van der Waals surface area contributed by atoms with Gasteiger partial charge in [0.05, 0.1) is 15.6 Å². The summed E-state index contributed by atoms with van der Waals surface area (Å²) in [5, 5.41) is 3.15. The molecule has 3 rings (SSSR count). The third-order valence-electron chi connectivity index (χ3n) is 4.33. The fourth-order valence-corrected chi connectivity index (χ4v) is 5.30. The van der Waals surface area contributed by atoms with E-state index in [1.54, 1.807) is 21.7 Å². The van der Waals surface area contributed by atoms with E-state index in [1.807, 2.05) is 32.9 Å². The topological polar surface area (TPSA) is 53.5 Å². The molecule has 0 atom stereocenters. The zero-order valence-electron chi connectivity index (χ0n) is 14.3. The lowest BCUT2D eigenvalue weighted by atomic mass is 10.2. The van der Waals surface area contributed by atoms with Crippen molar-refractivity contribution in [3.63, 3.8) is 0 Å². The van der Waals surface area contributed by atoms with E-state index in [-0.39, 0.29) is 0 Å². The molecule has 1 aromatic carbocycles. The lowest BCUT2D eigenvalue weighted by Gasteiger charge is -2.33. The van der Waals surface area contributed by atoms with Crippen LogP contribution in [0.1, 0.15) is 21.8 Å². The molecule has 2 aromatic rings. The first-order valence-electron chi connectivity index (χ1n) is 8.07. The Hall–Kier alpha value is -1.28. The van der Waals surface area contributed by atoms with Crippen LogP contribution in [0.4, 0.5) is 0 Å². The van der Waals surface area contributed by atoms with Gasteiger partial charge in [-0.3, -0.25) is 4.90 Å². The van der Waals surface area contributed by atoms with Crippen molar-refractivity contribution in [3.8, 4) is 0 Å². The Morgan fingerprint density at radius 1 is 1.12 bits per heavy atom. The minimum absolute atomic E-state index is 0.427. The Kier molecular flexibility index (Phi) is 5.05. The van der Waals surface area contributed by atoms with Crippen LogP contribution in [-0.2, 0) is 16.6 Å². The molecule has 0 saturated carbocycles. The quantitative estimate of drug-likeness (QED) is 0.836. The first kappa shape index (κ1) is 17.5. The number of sulfonamides is 1. The Bertz CT molecular complexity index is 822. The zero-order chi connectivity index (χ0) is 17.3. The van der Waals surface area contributed by atoms with Gasteiger partial charge in [0.25, 0.3) is 0 Å². The molecule has 0 amide bonds. The molecule has 130 valence electrons. The Morgan fingerprint density at radius 3 is 2.42 bits per heavy atom. The lowest BCUT2D eigenvalue weighted by molar-refractivity contribution is 0.180. The molecule has 0 aliphatic carbocycles. The Balaban J connectivity index is 1.67. The van der Waals surface area contributed by atoms with Crippen molar-refractivity contribution in [1.82, 2.24) is 14.2 Å². The third-order valence-corrected chi connectivity index (χ3v) is 7.21. The maximum atomic E-state index is 12.9. The molecule has 24 heavy (non-hydrogen) atoms. The summed E-state index contributed by atoms with van der Waals surface area (Å²) in [7, 11) is -3.41. The second kappa shape index (κ2) is 6.92. The summed E-state index contributed by atoms with van der Waals surface area (Å²) in [6.45, 7) is 9.16. The number of rotatable bonds is 4. The van der Waals surface area contributed by atoms with Crippen LogP contribution in [0.5, 0.6) is 0 Å². The highest BCUT2D eigenvalue weighted by Gasteiger charge is 2.29. The normalized spacial score (nSPS) is 17.3. The first-order chi connectivity index (χ1) is 11.4. The van der Waals surface area contributed by atoms with Gasteiger partial charge in [0.15, 0.2) is 0 Å². The lowest BCUT2D eigenvalue weighted by Crippen LogP contribution is -2.48. The van der Waals surface area contributed by atoms with Crippen LogP contribution < -0.4 is 0 Å². The fraction of sp³-hybridized carbons (Fsp3) is 0.471. The van der Waals surface area contributed by atoms with Gasteiger partial charge in [-0.15, -0.1) is 11.3 Å². The number of aryl methyl sites for hydroxylation is 3. The number of hydrogen-bond acceptors (Lipinski definition) is 5. The van der Waals surface area contributed by atoms with Gasteiger partial charge in [0, 0.05) is 38.1 Å². The number of thiazole rings is 1. The van der Waals surface area contributed by atoms with Crippen molar-refractivity contribution in [2.45, 2.75) is 32.2 Å². The molecule has 2 heterocycles. The number of nitrogens with zero attached hydrogens (tertiary/aromatic N) is 3. The van der Waals surface area contributed by atoms with Gasteiger partial charge in [0.1, 0.15) is 0 Å². The van der Waals surface area contributed by atoms with Gasteiger partial charge in [-0.25, -0.2) is 13.4 Å². The fourth-order valence-electron chi connectivity index (χ4n) is 3.07. The van der Waals surface area contributed by atoms with E-state index in [0.29, 0.717) is 18.0 Å². The average Bonchev–Trinajstić information content (AvgIpc) is 2.92. The highest BCUT2D eigenvalue weighted by atomic mass is 32.2. The molecule has 0 N–H and O–H groups in total. The van der Waals surface area contributed by atoms with Crippen LogP contribution in [0.2, 0.25) is 0 Å². The summed E-state index contributed by atoms with van der Waals surface area (Å²) in [5.41, 5.74) is 2.97. The van der Waals surface area contributed by atoms with E-state index in [1.165, 1.54) is 0 Å². The molecule has 0 spiro atoms. The van der Waals surface area contributed by atoms with Crippen molar-refractivity contribution in [3.05, 3.63) is 45.4 Å². The molecule has 1 saturated heterocycles. The second-order valence-corrected chi connectivity index (χ2v) is 9.28. The highest BCUT2D eigenvalue weighted by molar-refractivity contribution is 7.89. The summed E-state index contributed by atoms with van der Waals surface area (Å²) in [5.74, 6) is 0. The number of benzene rings is 1. The summed E-state index contributed by atoms with van der Waals surface area (Å²) < 4.78 is 27.4. The van der Waals surface area contributed by atoms with Crippen LogP contribution in [-0.4, -0.2) is 48.8 Å².